The van der Waals surface area contributed by atoms with Crippen LogP contribution in [0.3, 0.4) is 0 Å². The summed E-state index contributed by atoms with van der Waals surface area (Å²) in [4.78, 5) is 15.7. The average Bonchev–Trinajstić information content (AvgIpc) is 2.79. The number of hydrogen-bond acceptors (Lipinski definition) is 4. The van der Waals surface area contributed by atoms with Crippen LogP contribution in [0.5, 0.6) is 5.75 Å². The van der Waals surface area contributed by atoms with Crippen LogP contribution in [0.1, 0.15) is 50.2 Å². The molecule has 1 fully saturated rings. The van der Waals surface area contributed by atoms with E-state index in [2.05, 4.69) is 31.2 Å². The van der Waals surface area contributed by atoms with Crippen LogP contribution < -0.4 is 5.32 Å². The molecule has 2 N–H and O–H groups in total. The molecular weight excluding hydrogens is 400 g/mol. The summed E-state index contributed by atoms with van der Waals surface area (Å²) < 4.78 is 6.00. The molecule has 3 rings (SSSR count). The Labute approximate surface area is 192 Å². The molecule has 1 aliphatic carbocycles. The average molecular weight is 437 g/mol. The zero-order chi connectivity index (χ0) is 22.9. The van der Waals surface area contributed by atoms with Crippen molar-refractivity contribution in [1.82, 2.24) is 10.2 Å². The summed E-state index contributed by atoms with van der Waals surface area (Å²) in [5.41, 5.74) is 3.56. The number of ether oxygens (including phenoxy) is 1. The van der Waals surface area contributed by atoms with E-state index in [-0.39, 0.29) is 23.8 Å². The number of allylic oxidation sites excluding steroid dienone is 1. The normalized spacial score (nSPS) is 19.5. The number of hydrogen-bond donors (Lipinski definition) is 2. The number of carbonyl (C=O) groups excluding carboxylic acids is 1. The molecule has 32 heavy (non-hydrogen) atoms. The number of benzene rings is 2. The van der Waals surface area contributed by atoms with Crippen molar-refractivity contribution < 1.29 is 14.6 Å². The summed E-state index contributed by atoms with van der Waals surface area (Å²) in [5.74, 6) is 0.146. The van der Waals surface area contributed by atoms with Gasteiger partial charge in [0, 0.05) is 12.6 Å². The fourth-order valence-electron chi connectivity index (χ4n) is 4.27. The van der Waals surface area contributed by atoms with E-state index < -0.39 is 0 Å². The Bertz CT molecular complexity index is 883. The third-order valence-electron chi connectivity index (χ3n) is 6.06. The largest absolute Gasteiger partial charge is 0.508 e. The van der Waals surface area contributed by atoms with E-state index in [1.54, 1.807) is 12.1 Å². The fourth-order valence-corrected chi connectivity index (χ4v) is 4.27. The molecule has 1 aliphatic rings. The molecule has 2 aromatic carbocycles. The standard InChI is InChI=1S/C27H36N2O3/c1-4-25(20-8-6-5-7-9-20)26(21-10-14-23(30)15-11-21)27(31)28-22-12-16-24(17-13-22)32-19-18-29(2)3/h5-11,14-15,22,24,30H,4,12-13,16-19H2,1-3H3,(H,28,31)/b26-25-. The third-order valence-corrected chi connectivity index (χ3v) is 6.06. The second kappa shape index (κ2) is 11.8. The minimum absolute atomic E-state index is 0.0478. The number of phenols is 1. The van der Waals surface area contributed by atoms with Crippen molar-refractivity contribution in [3.8, 4) is 5.75 Å². The summed E-state index contributed by atoms with van der Waals surface area (Å²) in [6, 6.07) is 17.1. The molecule has 0 bridgehead atoms. The van der Waals surface area contributed by atoms with Gasteiger partial charge in [-0.05, 0) is 75.0 Å². The first-order valence-electron chi connectivity index (χ1n) is 11.6. The van der Waals surface area contributed by atoms with Gasteiger partial charge >= 0.3 is 0 Å². The maximum Gasteiger partial charge on any atom is 0.252 e. The van der Waals surface area contributed by atoms with E-state index in [1.165, 1.54) is 0 Å². The molecule has 0 heterocycles. The maximum atomic E-state index is 13.5. The van der Waals surface area contributed by atoms with Crippen LogP contribution in [-0.2, 0) is 9.53 Å². The number of nitrogens with zero attached hydrogens (tertiary/aromatic N) is 1. The molecule has 0 aliphatic heterocycles. The van der Waals surface area contributed by atoms with Crippen molar-refractivity contribution >= 4 is 17.1 Å². The second-order valence-corrected chi connectivity index (χ2v) is 8.74. The van der Waals surface area contributed by atoms with Gasteiger partial charge in [0.2, 0.25) is 0 Å². The monoisotopic (exact) mass is 436 g/mol. The number of phenolic OH excluding ortho intramolecular Hbond substituents is 1. The molecule has 172 valence electrons. The minimum Gasteiger partial charge on any atom is -0.508 e. The highest BCUT2D eigenvalue weighted by molar-refractivity contribution is 6.27. The van der Waals surface area contributed by atoms with E-state index in [4.69, 9.17) is 4.74 Å². The van der Waals surface area contributed by atoms with Crippen molar-refractivity contribution in [1.29, 1.82) is 0 Å². The lowest BCUT2D eigenvalue weighted by Crippen LogP contribution is -2.40. The van der Waals surface area contributed by atoms with Gasteiger partial charge in [-0.25, -0.2) is 0 Å². The van der Waals surface area contributed by atoms with Crippen LogP contribution in [0.2, 0.25) is 0 Å². The van der Waals surface area contributed by atoms with Crippen LogP contribution >= 0.6 is 0 Å². The molecule has 2 aromatic rings. The third kappa shape index (κ3) is 6.68. The van der Waals surface area contributed by atoms with E-state index >= 15 is 0 Å². The molecule has 0 atom stereocenters. The fraction of sp³-hybridized carbons (Fsp3) is 0.444. The SMILES string of the molecule is CC/C(=C(/C(=O)NC1CCC(OCCN(C)C)CC1)c1ccc(O)cc1)c1ccccc1. The smallest absolute Gasteiger partial charge is 0.252 e. The number of rotatable bonds is 9. The van der Waals surface area contributed by atoms with Crippen molar-refractivity contribution in [2.45, 2.75) is 51.2 Å². The van der Waals surface area contributed by atoms with Gasteiger partial charge in [-0.3, -0.25) is 4.79 Å². The predicted molar refractivity (Wildman–Crippen MR) is 130 cm³/mol. The molecule has 1 saturated carbocycles. The Balaban J connectivity index is 1.74. The summed E-state index contributed by atoms with van der Waals surface area (Å²) in [6.45, 7) is 3.75. The van der Waals surface area contributed by atoms with Crippen molar-refractivity contribution in [2.24, 2.45) is 0 Å². The molecule has 0 radical (unpaired) electrons. The van der Waals surface area contributed by atoms with Crippen LogP contribution in [0, 0.1) is 0 Å². The molecule has 0 saturated heterocycles. The number of aromatic hydroxyl groups is 1. The maximum absolute atomic E-state index is 13.5. The summed E-state index contributed by atoms with van der Waals surface area (Å²) in [7, 11) is 4.10. The Kier molecular flexibility index (Phi) is 8.89. The topological polar surface area (TPSA) is 61.8 Å². The summed E-state index contributed by atoms with van der Waals surface area (Å²) in [6.07, 6.45) is 4.80. The Hall–Kier alpha value is -2.63. The predicted octanol–water partition coefficient (Wildman–Crippen LogP) is 4.72. The Morgan fingerprint density at radius 2 is 1.66 bits per heavy atom. The van der Waals surface area contributed by atoms with Gasteiger partial charge in [-0.2, -0.15) is 0 Å². The Morgan fingerprint density at radius 1 is 1.00 bits per heavy atom. The first kappa shape index (κ1) is 24.0. The second-order valence-electron chi connectivity index (χ2n) is 8.74. The first-order chi connectivity index (χ1) is 15.5. The lowest BCUT2D eigenvalue weighted by atomic mass is 9.90. The number of amides is 1. The minimum atomic E-state index is -0.0478. The van der Waals surface area contributed by atoms with E-state index in [0.717, 1.165) is 62.0 Å². The lowest BCUT2D eigenvalue weighted by Gasteiger charge is -2.30. The summed E-state index contributed by atoms with van der Waals surface area (Å²) in [5, 5.41) is 13.0. The summed E-state index contributed by atoms with van der Waals surface area (Å²) >= 11 is 0. The van der Waals surface area contributed by atoms with Crippen LogP contribution in [0.15, 0.2) is 54.6 Å². The number of nitrogens with one attached hydrogen (secondary N) is 1. The van der Waals surface area contributed by atoms with E-state index in [9.17, 15) is 9.90 Å². The van der Waals surface area contributed by atoms with Crippen molar-refractivity contribution in [2.75, 3.05) is 27.2 Å². The van der Waals surface area contributed by atoms with Gasteiger partial charge in [-0.15, -0.1) is 0 Å². The highest BCUT2D eigenvalue weighted by Crippen LogP contribution is 2.31. The molecule has 0 spiro atoms. The molecule has 0 aromatic heterocycles. The quantitative estimate of drug-likeness (QED) is 0.441. The molecule has 5 nitrogen and oxygen atoms in total. The van der Waals surface area contributed by atoms with Crippen LogP contribution in [0.4, 0.5) is 0 Å². The van der Waals surface area contributed by atoms with Gasteiger partial charge in [0.05, 0.1) is 18.3 Å². The number of carbonyl (C=O) groups is 1. The first-order valence-corrected chi connectivity index (χ1v) is 11.6. The van der Waals surface area contributed by atoms with E-state index in [0.29, 0.717) is 5.57 Å². The highest BCUT2D eigenvalue weighted by atomic mass is 16.5. The zero-order valence-electron chi connectivity index (χ0n) is 19.5. The van der Waals surface area contributed by atoms with Gasteiger partial charge < -0.3 is 20.1 Å². The molecular formula is C27H36N2O3. The van der Waals surface area contributed by atoms with Crippen LogP contribution in [0.25, 0.3) is 11.1 Å². The number of likely N-dealkylation sites (N-methyl/N-ethyl adjacent to an activating group) is 1. The van der Waals surface area contributed by atoms with Gasteiger partial charge in [-0.1, -0.05) is 49.4 Å². The lowest BCUT2D eigenvalue weighted by molar-refractivity contribution is -0.116. The van der Waals surface area contributed by atoms with Gasteiger partial charge in [0.25, 0.3) is 5.91 Å². The Morgan fingerprint density at radius 3 is 2.25 bits per heavy atom. The highest BCUT2D eigenvalue weighted by Gasteiger charge is 2.25. The van der Waals surface area contributed by atoms with Crippen molar-refractivity contribution in [3.05, 3.63) is 65.7 Å². The van der Waals surface area contributed by atoms with Crippen molar-refractivity contribution in [3.63, 3.8) is 0 Å². The van der Waals surface area contributed by atoms with Gasteiger partial charge in [0.1, 0.15) is 5.75 Å². The van der Waals surface area contributed by atoms with E-state index in [1.807, 2.05) is 42.5 Å². The molecule has 0 unspecified atom stereocenters. The van der Waals surface area contributed by atoms with Gasteiger partial charge in [0.15, 0.2) is 0 Å². The zero-order valence-corrected chi connectivity index (χ0v) is 19.5. The van der Waals surface area contributed by atoms with Crippen LogP contribution in [-0.4, -0.2) is 55.3 Å². The molecule has 1 amide bonds. The molecule has 5 heteroatoms.